The first-order chi connectivity index (χ1) is 17.9. The molecule has 0 aromatic carbocycles. The Morgan fingerprint density at radius 2 is 1.63 bits per heavy atom. The fraction of sp³-hybridized carbons (Fsp3) is 0.909. The van der Waals surface area contributed by atoms with Crippen molar-refractivity contribution >= 4 is 11.8 Å². The van der Waals surface area contributed by atoms with Crippen molar-refractivity contribution in [2.75, 3.05) is 19.8 Å². The molecule has 7 N–H and O–H groups in total. The first-order valence-electron chi connectivity index (χ1n) is 12.4. The second-order valence-corrected chi connectivity index (χ2v) is 9.91. The highest BCUT2D eigenvalue weighted by atomic mass is 16.8. The van der Waals surface area contributed by atoms with E-state index in [9.17, 15) is 40.2 Å². The molecule has 16 heteroatoms. The second kappa shape index (κ2) is 11.9. The summed E-state index contributed by atoms with van der Waals surface area (Å²) in [7, 11) is 0. The Balaban J connectivity index is 1.59. The Morgan fingerprint density at radius 1 is 0.921 bits per heavy atom. The summed E-state index contributed by atoms with van der Waals surface area (Å²) in [6.45, 7) is 2.91. The van der Waals surface area contributed by atoms with Crippen LogP contribution in [0.3, 0.4) is 0 Å². The van der Waals surface area contributed by atoms with Gasteiger partial charge in [-0.25, -0.2) is 5.06 Å². The molecule has 0 saturated carbocycles. The van der Waals surface area contributed by atoms with Crippen molar-refractivity contribution in [1.29, 1.82) is 0 Å². The molecule has 4 rings (SSSR count). The molecule has 0 unspecified atom stereocenters. The van der Waals surface area contributed by atoms with Gasteiger partial charge in [-0.2, -0.15) is 0 Å². The van der Waals surface area contributed by atoms with Crippen LogP contribution in [0.1, 0.15) is 20.8 Å². The summed E-state index contributed by atoms with van der Waals surface area (Å²) in [5.41, 5.74) is 0. The zero-order chi connectivity index (χ0) is 27.9. The van der Waals surface area contributed by atoms with Crippen molar-refractivity contribution in [1.82, 2.24) is 10.4 Å². The standard InChI is InChI=1S/C22H36N2O14/c1-7-14(28)17(31)18(32)22(35-7)34-6-12-20-19(10(5-33-12)23-8(2)26)37-21-13(24(38-20)9(3)27)16(30)15(29)11(4-25)36-21/h7,10-22,25,28-32H,4-6H2,1-3H3,(H,23,26)/t7-,10-,11+,12+,13+,14+,15+,16+,17+,18-,19+,20+,21-,22-/m0/s1. The van der Waals surface area contributed by atoms with Crippen molar-refractivity contribution in [3.05, 3.63) is 0 Å². The number of carbonyl (C=O) groups excluding carboxylic acids is 2. The van der Waals surface area contributed by atoms with E-state index in [0.29, 0.717) is 0 Å². The van der Waals surface area contributed by atoms with Crippen LogP contribution in [-0.4, -0.2) is 153 Å². The Labute approximate surface area is 217 Å². The van der Waals surface area contributed by atoms with Gasteiger partial charge in [0.15, 0.2) is 12.6 Å². The molecule has 0 aromatic rings. The zero-order valence-electron chi connectivity index (χ0n) is 21.1. The predicted octanol–water partition coefficient (Wildman–Crippen LogP) is -4.91. The summed E-state index contributed by atoms with van der Waals surface area (Å²) in [4.78, 5) is 30.5. The number of fused-ring (bicyclic) bond motifs is 2. The number of amides is 2. The second-order valence-electron chi connectivity index (χ2n) is 9.91. The average molecular weight is 553 g/mol. The van der Waals surface area contributed by atoms with Crippen molar-refractivity contribution in [3.8, 4) is 0 Å². The summed E-state index contributed by atoms with van der Waals surface area (Å²) >= 11 is 0. The molecule has 4 fully saturated rings. The molecule has 0 bridgehead atoms. The van der Waals surface area contributed by atoms with Gasteiger partial charge in [0.05, 0.1) is 32.0 Å². The average Bonchev–Trinajstić information content (AvgIpc) is 3.04. The van der Waals surface area contributed by atoms with Crippen LogP contribution in [0.15, 0.2) is 0 Å². The van der Waals surface area contributed by atoms with Crippen molar-refractivity contribution < 1.29 is 68.8 Å². The van der Waals surface area contributed by atoms with Crippen molar-refractivity contribution in [3.63, 3.8) is 0 Å². The van der Waals surface area contributed by atoms with Crippen LogP contribution >= 0.6 is 0 Å². The van der Waals surface area contributed by atoms with Gasteiger partial charge in [0.2, 0.25) is 11.8 Å². The van der Waals surface area contributed by atoms with E-state index in [1.807, 2.05) is 0 Å². The highest BCUT2D eigenvalue weighted by molar-refractivity contribution is 5.73. The summed E-state index contributed by atoms with van der Waals surface area (Å²) in [5, 5.41) is 64.6. The highest BCUT2D eigenvalue weighted by Crippen LogP contribution is 2.35. The molecule has 0 radical (unpaired) electrons. The van der Waals surface area contributed by atoms with Gasteiger partial charge in [-0.3, -0.25) is 14.4 Å². The molecule has 0 spiro atoms. The maximum atomic E-state index is 12.6. The molecule has 4 saturated heterocycles. The lowest BCUT2D eigenvalue weighted by molar-refractivity contribution is -0.312. The molecular weight excluding hydrogens is 516 g/mol. The monoisotopic (exact) mass is 552 g/mol. The third kappa shape index (κ3) is 5.67. The van der Waals surface area contributed by atoms with Gasteiger partial charge >= 0.3 is 0 Å². The fourth-order valence-electron chi connectivity index (χ4n) is 5.10. The summed E-state index contributed by atoms with van der Waals surface area (Å²) < 4.78 is 28.8. The fourth-order valence-corrected chi connectivity index (χ4v) is 5.10. The largest absolute Gasteiger partial charge is 0.394 e. The minimum atomic E-state index is -1.62. The summed E-state index contributed by atoms with van der Waals surface area (Å²) in [5.74, 6) is -1.08. The van der Waals surface area contributed by atoms with Crippen LogP contribution in [0, 0.1) is 0 Å². The van der Waals surface area contributed by atoms with Crippen molar-refractivity contribution in [2.45, 2.75) is 106 Å². The number of rotatable bonds is 5. The molecule has 0 aliphatic carbocycles. The number of ether oxygens (including phenoxy) is 5. The SMILES string of the molecule is CC(=O)N[C@H]1CO[C@H](CO[C@H]2O[C@@H](C)[C@@H](O)[C@@H](O)[C@@H]2O)[C@H]2ON(C(C)=O)[C@H]3[C@H](O[C@@H]21)O[C@H](CO)[C@@H](O)[C@@H]3O. The topological polar surface area (TPSA) is 226 Å². The molecule has 4 heterocycles. The minimum Gasteiger partial charge on any atom is -0.394 e. The highest BCUT2D eigenvalue weighted by Gasteiger charge is 2.57. The zero-order valence-corrected chi connectivity index (χ0v) is 21.1. The molecule has 14 atom stereocenters. The van der Waals surface area contributed by atoms with Gasteiger partial charge in [-0.1, -0.05) is 0 Å². The van der Waals surface area contributed by atoms with Gasteiger partial charge < -0.3 is 59.6 Å². The van der Waals surface area contributed by atoms with E-state index < -0.39 is 104 Å². The van der Waals surface area contributed by atoms with Gasteiger partial charge in [0, 0.05) is 13.8 Å². The number of nitrogens with one attached hydrogen (secondary N) is 1. The van der Waals surface area contributed by atoms with E-state index >= 15 is 0 Å². The van der Waals surface area contributed by atoms with E-state index in [1.165, 1.54) is 13.8 Å². The van der Waals surface area contributed by atoms with Crippen LogP contribution in [0.25, 0.3) is 0 Å². The smallest absolute Gasteiger partial charge is 0.243 e. The number of carbonyl (C=O) groups is 2. The Hall–Kier alpha value is -1.54. The maximum absolute atomic E-state index is 12.6. The van der Waals surface area contributed by atoms with E-state index in [0.717, 1.165) is 12.0 Å². The minimum absolute atomic E-state index is 0.0873. The number of hydroxylamine groups is 2. The summed E-state index contributed by atoms with van der Waals surface area (Å²) in [6.07, 6.45) is -15.5. The molecule has 4 aliphatic rings. The van der Waals surface area contributed by atoms with Gasteiger partial charge in [0.1, 0.15) is 61.0 Å². The van der Waals surface area contributed by atoms with E-state index in [4.69, 9.17) is 28.5 Å². The van der Waals surface area contributed by atoms with Crippen molar-refractivity contribution in [2.24, 2.45) is 0 Å². The number of aliphatic hydroxyl groups is 6. The summed E-state index contributed by atoms with van der Waals surface area (Å²) in [6, 6.07) is -2.13. The molecule has 38 heavy (non-hydrogen) atoms. The molecule has 4 aliphatic heterocycles. The normalized spacial score (nSPS) is 47.4. The number of hydrogen-bond donors (Lipinski definition) is 7. The number of aliphatic hydroxyl groups excluding tert-OH is 6. The van der Waals surface area contributed by atoms with Gasteiger partial charge in [-0.15, -0.1) is 0 Å². The van der Waals surface area contributed by atoms with Crippen LogP contribution in [0.2, 0.25) is 0 Å². The van der Waals surface area contributed by atoms with Gasteiger partial charge in [0.25, 0.3) is 0 Å². The molecule has 0 aromatic heterocycles. The predicted molar refractivity (Wildman–Crippen MR) is 119 cm³/mol. The Morgan fingerprint density at radius 3 is 2.26 bits per heavy atom. The molecule has 218 valence electrons. The lowest BCUT2D eigenvalue weighted by atomic mass is 9.96. The Kier molecular flexibility index (Phi) is 9.23. The lowest BCUT2D eigenvalue weighted by Crippen LogP contribution is -2.65. The van der Waals surface area contributed by atoms with E-state index in [2.05, 4.69) is 5.32 Å². The van der Waals surface area contributed by atoms with Crippen LogP contribution in [0.5, 0.6) is 0 Å². The number of hydrogen-bond acceptors (Lipinski definition) is 14. The molecular formula is C22H36N2O14. The first-order valence-corrected chi connectivity index (χ1v) is 12.4. The van der Waals surface area contributed by atoms with E-state index in [1.54, 1.807) is 0 Å². The Bertz CT molecular complexity index is 851. The third-order valence-corrected chi connectivity index (χ3v) is 7.15. The first kappa shape index (κ1) is 29.4. The molecule has 2 amide bonds. The third-order valence-electron chi connectivity index (χ3n) is 7.15. The lowest BCUT2D eigenvalue weighted by Gasteiger charge is -2.44. The molecule has 16 nitrogen and oxygen atoms in total. The maximum Gasteiger partial charge on any atom is 0.243 e. The van der Waals surface area contributed by atoms with Gasteiger partial charge in [-0.05, 0) is 6.92 Å². The quantitative estimate of drug-likeness (QED) is 0.170. The van der Waals surface area contributed by atoms with Crippen LogP contribution in [0.4, 0.5) is 0 Å². The van der Waals surface area contributed by atoms with Crippen LogP contribution < -0.4 is 5.32 Å². The van der Waals surface area contributed by atoms with E-state index in [-0.39, 0.29) is 13.2 Å². The number of nitrogens with zero attached hydrogens (tertiary/aromatic N) is 1. The van der Waals surface area contributed by atoms with Crippen LogP contribution in [-0.2, 0) is 38.1 Å².